The van der Waals surface area contributed by atoms with Crippen LogP contribution in [0.4, 0.5) is 0 Å². The average molecular weight is 326 g/mol. The Hall–Kier alpha value is -3.02. The van der Waals surface area contributed by atoms with Crippen molar-refractivity contribution in [2.45, 2.75) is 13.0 Å². The van der Waals surface area contributed by atoms with Gasteiger partial charge in [0.25, 0.3) is 5.91 Å². The molecule has 0 saturated carbocycles. The molecule has 6 heteroatoms. The number of hydrazone groups is 1. The Labute approximate surface area is 140 Å². The number of hydrogen-bond acceptors (Lipinski definition) is 5. The molecular weight excluding hydrogens is 308 g/mol. The molecule has 0 radical (unpaired) electrons. The number of fused-ring (bicyclic) bond motifs is 1. The van der Waals surface area contributed by atoms with Crippen LogP contribution >= 0.6 is 0 Å². The fraction of sp³-hybridized carbons (Fsp3) is 0.222. The van der Waals surface area contributed by atoms with Gasteiger partial charge in [-0.3, -0.25) is 4.79 Å². The summed E-state index contributed by atoms with van der Waals surface area (Å²) in [6, 6.07) is 14.7. The Morgan fingerprint density at radius 2 is 1.88 bits per heavy atom. The van der Waals surface area contributed by atoms with Gasteiger partial charge >= 0.3 is 0 Å². The molecule has 1 heterocycles. The molecule has 0 bridgehead atoms. The van der Waals surface area contributed by atoms with Gasteiger partial charge in [0, 0.05) is 0 Å². The second kappa shape index (κ2) is 7.04. The van der Waals surface area contributed by atoms with Crippen LogP contribution in [0.25, 0.3) is 0 Å². The lowest BCUT2D eigenvalue weighted by Crippen LogP contribution is -2.42. The van der Waals surface area contributed by atoms with Crippen molar-refractivity contribution >= 4 is 11.6 Å². The van der Waals surface area contributed by atoms with Crippen molar-refractivity contribution in [3.8, 4) is 17.2 Å². The monoisotopic (exact) mass is 326 g/mol. The maximum Gasteiger partial charge on any atom is 0.284 e. The van der Waals surface area contributed by atoms with E-state index in [0.29, 0.717) is 17.2 Å². The van der Waals surface area contributed by atoms with E-state index in [1.165, 1.54) is 0 Å². The normalized spacial score (nSPS) is 16.4. The van der Waals surface area contributed by atoms with Gasteiger partial charge in [-0.05, 0) is 48.9 Å². The molecule has 24 heavy (non-hydrogen) atoms. The van der Waals surface area contributed by atoms with Gasteiger partial charge in [0.05, 0.1) is 12.8 Å². The van der Waals surface area contributed by atoms with Crippen LogP contribution < -0.4 is 19.6 Å². The predicted octanol–water partition coefficient (Wildman–Crippen LogP) is 2.38. The van der Waals surface area contributed by atoms with E-state index in [2.05, 4.69) is 10.5 Å². The molecule has 1 aliphatic rings. The van der Waals surface area contributed by atoms with E-state index >= 15 is 0 Å². The zero-order chi connectivity index (χ0) is 16.9. The van der Waals surface area contributed by atoms with Crippen LogP contribution in [-0.2, 0) is 4.79 Å². The van der Waals surface area contributed by atoms with Gasteiger partial charge < -0.3 is 14.2 Å². The summed E-state index contributed by atoms with van der Waals surface area (Å²) >= 11 is 0. The van der Waals surface area contributed by atoms with Crippen LogP contribution in [0.15, 0.2) is 53.6 Å². The maximum atomic E-state index is 12.2. The number of methoxy groups -OCH3 is 1. The van der Waals surface area contributed by atoms with E-state index in [1.807, 2.05) is 43.3 Å². The third-order valence-corrected chi connectivity index (χ3v) is 3.64. The minimum absolute atomic E-state index is 0.153. The lowest BCUT2D eigenvalue weighted by Gasteiger charge is -2.24. The first-order valence-electron chi connectivity index (χ1n) is 7.54. The fourth-order valence-corrected chi connectivity index (χ4v) is 2.26. The smallest absolute Gasteiger partial charge is 0.284 e. The summed E-state index contributed by atoms with van der Waals surface area (Å²) in [6.07, 6.45) is -0.729. The molecule has 0 fully saturated rings. The zero-order valence-electron chi connectivity index (χ0n) is 13.5. The molecule has 0 aromatic heterocycles. The third kappa shape index (κ3) is 3.48. The second-order valence-corrected chi connectivity index (χ2v) is 5.27. The number of hydrogen-bond donors (Lipinski definition) is 1. The summed E-state index contributed by atoms with van der Waals surface area (Å²) in [6.45, 7) is 1.97. The van der Waals surface area contributed by atoms with E-state index in [9.17, 15) is 4.79 Å². The van der Waals surface area contributed by atoms with E-state index in [4.69, 9.17) is 14.2 Å². The topological polar surface area (TPSA) is 69.2 Å². The highest BCUT2D eigenvalue weighted by Crippen LogP contribution is 2.30. The quantitative estimate of drug-likeness (QED) is 0.692. The molecule has 3 rings (SSSR count). The number of nitrogens with zero attached hydrogens (tertiary/aromatic N) is 1. The van der Waals surface area contributed by atoms with E-state index < -0.39 is 6.10 Å². The van der Waals surface area contributed by atoms with Gasteiger partial charge in [-0.2, -0.15) is 5.10 Å². The number of para-hydroxylation sites is 2. The molecule has 124 valence electrons. The number of nitrogens with one attached hydrogen (secondary N) is 1. The van der Waals surface area contributed by atoms with Crippen molar-refractivity contribution in [1.82, 2.24) is 5.43 Å². The molecule has 0 spiro atoms. The van der Waals surface area contributed by atoms with Crippen molar-refractivity contribution in [3.63, 3.8) is 0 Å². The Bertz CT molecular complexity index is 756. The largest absolute Gasteiger partial charge is 0.497 e. The van der Waals surface area contributed by atoms with Crippen LogP contribution in [-0.4, -0.2) is 31.4 Å². The number of benzene rings is 2. The molecule has 1 N–H and O–H groups in total. The first kappa shape index (κ1) is 15.9. The summed E-state index contributed by atoms with van der Waals surface area (Å²) in [5, 5.41) is 4.12. The van der Waals surface area contributed by atoms with Crippen LogP contribution in [0.3, 0.4) is 0 Å². The highest BCUT2D eigenvalue weighted by Gasteiger charge is 2.27. The van der Waals surface area contributed by atoms with Crippen molar-refractivity contribution in [2.75, 3.05) is 13.7 Å². The van der Waals surface area contributed by atoms with Gasteiger partial charge in [-0.1, -0.05) is 12.1 Å². The summed E-state index contributed by atoms with van der Waals surface area (Å²) < 4.78 is 16.3. The molecular formula is C18H18N2O4. The molecule has 2 aromatic rings. The van der Waals surface area contributed by atoms with Gasteiger partial charge in [-0.15, -0.1) is 0 Å². The minimum Gasteiger partial charge on any atom is -0.497 e. The minimum atomic E-state index is -0.729. The average Bonchev–Trinajstić information content (AvgIpc) is 2.65. The standard InChI is InChI=1S/C18H18N2O4/c1-12(13-7-9-14(22-2)10-8-13)19-20-18(21)17-11-23-15-5-3-4-6-16(15)24-17/h3-10,17H,11H2,1-2H3,(H,20,21)/b19-12-/t17-/m1/s1. The summed E-state index contributed by atoms with van der Waals surface area (Å²) in [5.74, 6) is 1.61. The summed E-state index contributed by atoms with van der Waals surface area (Å²) in [5.41, 5.74) is 4.10. The van der Waals surface area contributed by atoms with Crippen LogP contribution in [0.5, 0.6) is 17.2 Å². The Morgan fingerprint density at radius 1 is 1.17 bits per heavy atom. The molecule has 0 aliphatic carbocycles. The predicted molar refractivity (Wildman–Crippen MR) is 89.7 cm³/mol. The second-order valence-electron chi connectivity index (χ2n) is 5.27. The van der Waals surface area contributed by atoms with Crippen molar-refractivity contribution in [3.05, 3.63) is 54.1 Å². The Kier molecular flexibility index (Phi) is 4.65. The van der Waals surface area contributed by atoms with Crippen LogP contribution in [0.2, 0.25) is 0 Å². The third-order valence-electron chi connectivity index (χ3n) is 3.64. The Morgan fingerprint density at radius 3 is 2.58 bits per heavy atom. The van der Waals surface area contributed by atoms with Crippen molar-refractivity contribution in [1.29, 1.82) is 0 Å². The summed E-state index contributed by atoms with van der Waals surface area (Å²) in [7, 11) is 1.61. The van der Waals surface area contributed by atoms with Crippen molar-refractivity contribution in [2.24, 2.45) is 5.10 Å². The Balaban J connectivity index is 1.62. The van der Waals surface area contributed by atoms with Crippen LogP contribution in [0, 0.1) is 0 Å². The lowest BCUT2D eigenvalue weighted by molar-refractivity contribution is -0.130. The SMILES string of the molecule is COc1ccc(/C(C)=N\NC(=O)[C@H]2COc3ccccc3O2)cc1. The van der Waals surface area contributed by atoms with Gasteiger partial charge in [-0.25, -0.2) is 5.43 Å². The summed E-state index contributed by atoms with van der Waals surface area (Å²) in [4.78, 5) is 12.2. The molecule has 1 atom stereocenters. The highest BCUT2D eigenvalue weighted by atomic mass is 16.6. The number of ether oxygens (including phenoxy) is 3. The molecule has 1 amide bonds. The van der Waals surface area contributed by atoms with Crippen LogP contribution in [0.1, 0.15) is 12.5 Å². The maximum absolute atomic E-state index is 12.2. The first-order chi connectivity index (χ1) is 11.7. The highest BCUT2D eigenvalue weighted by molar-refractivity contribution is 5.99. The fourth-order valence-electron chi connectivity index (χ4n) is 2.26. The van der Waals surface area contributed by atoms with Gasteiger partial charge in [0.15, 0.2) is 11.5 Å². The molecule has 0 unspecified atom stereocenters. The van der Waals surface area contributed by atoms with E-state index in [0.717, 1.165) is 11.3 Å². The number of rotatable bonds is 4. The lowest BCUT2D eigenvalue weighted by atomic mass is 10.1. The van der Waals surface area contributed by atoms with E-state index in [-0.39, 0.29) is 12.5 Å². The molecule has 0 saturated heterocycles. The molecule has 2 aromatic carbocycles. The number of carbonyl (C=O) groups is 1. The van der Waals surface area contributed by atoms with E-state index in [1.54, 1.807) is 19.2 Å². The van der Waals surface area contributed by atoms with Gasteiger partial charge in [0.2, 0.25) is 6.10 Å². The molecule has 6 nitrogen and oxygen atoms in total. The van der Waals surface area contributed by atoms with Crippen molar-refractivity contribution < 1.29 is 19.0 Å². The first-order valence-corrected chi connectivity index (χ1v) is 7.54. The number of carbonyl (C=O) groups excluding carboxylic acids is 1. The zero-order valence-corrected chi connectivity index (χ0v) is 13.5. The number of amides is 1. The molecule has 1 aliphatic heterocycles. The van der Waals surface area contributed by atoms with Gasteiger partial charge in [0.1, 0.15) is 12.4 Å².